The quantitative estimate of drug-likeness (QED) is 0.0960. The van der Waals surface area contributed by atoms with Crippen LogP contribution in [0.4, 0.5) is 5.69 Å². The van der Waals surface area contributed by atoms with Crippen LogP contribution in [-0.2, 0) is 0 Å². The molecule has 0 aliphatic rings. The summed E-state index contributed by atoms with van der Waals surface area (Å²) in [6.45, 7) is 0. The van der Waals surface area contributed by atoms with E-state index in [0.717, 1.165) is 4.47 Å². The van der Waals surface area contributed by atoms with Gasteiger partial charge >= 0.3 is 5.97 Å². The van der Waals surface area contributed by atoms with Crippen molar-refractivity contribution in [2.75, 3.05) is 5.32 Å². The number of furan rings is 1. The maximum atomic E-state index is 12.6. The summed E-state index contributed by atoms with van der Waals surface area (Å²) < 4.78 is 12.7. The van der Waals surface area contributed by atoms with Crippen molar-refractivity contribution >= 4 is 77.5 Å². The van der Waals surface area contributed by atoms with Crippen LogP contribution in [0.15, 0.2) is 102 Å². The van der Waals surface area contributed by atoms with Gasteiger partial charge < -0.3 is 14.5 Å². The van der Waals surface area contributed by atoms with Crippen molar-refractivity contribution in [1.29, 1.82) is 0 Å². The Bertz CT molecular complexity index is 1490. The number of carbonyl (C=O) groups excluding carboxylic acids is 3. The Morgan fingerprint density at radius 2 is 1.62 bits per heavy atom. The average molecular weight is 690 g/mol. The molecule has 11 heteroatoms. The highest BCUT2D eigenvalue weighted by molar-refractivity contribution is 9.11. The molecule has 37 heavy (non-hydrogen) atoms. The molecule has 1 aromatic heterocycles. The summed E-state index contributed by atoms with van der Waals surface area (Å²) in [5.74, 6) is -1.12. The molecule has 0 saturated carbocycles. The summed E-state index contributed by atoms with van der Waals surface area (Å²) in [5.41, 5.74) is 3.92. The lowest BCUT2D eigenvalue weighted by Gasteiger charge is -2.11. The van der Waals surface area contributed by atoms with Gasteiger partial charge in [0.05, 0.1) is 22.5 Å². The molecule has 0 aliphatic heterocycles. The molecule has 0 atom stereocenters. The van der Waals surface area contributed by atoms with Crippen molar-refractivity contribution in [3.63, 3.8) is 0 Å². The highest BCUT2D eigenvalue weighted by Crippen LogP contribution is 2.32. The Balaban J connectivity index is 1.46. The van der Waals surface area contributed by atoms with Gasteiger partial charge in [0.15, 0.2) is 11.5 Å². The molecule has 2 amide bonds. The first kappa shape index (κ1) is 26.5. The third kappa shape index (κ3) is 7.03. The minimum Gasteiger partial charge on any atom is -0.459 e. The number of hydrogen-bond acceptors (Lipinski definition) is 6. The predicted molar refractivity (Wildman–Crippen MR) is 149 cm³/mol. The number of rotatable bonds is 7. The summed E-state index contributed by atoms with van der Waals surface area (Å²) in [6, 6.07) is 19.7. The second kappa shape index (κ2) is 12.1. The molecule has 0 unspecified atom stereocenters. The zero-order valence-electron chi connectivity index (χ0n) is 18.7. The van der Waals surface area contributed by atoms with Gasteiger partial charge in [-0.25, -0.2) is 10.2 Å². The van der Waals surface area contributed by atoms with Gasteiger partial charge in [-0.15, -0.1) is 0 Å². The molecule has 0 bridgehead atoms. The van der Waals surface area contributed by atoms with E-state index in [4.69, 9.17) is 9.15 Å². The lowest BCUT2D eigenvalue weighted by Crippen LogP contribution is -2.18. The van der Waals surface area contributed by atoms with E-state index in [-0.39, 0.29) is 17.1 Å². The van der Waals surface area contributed by atoms with Crippen LogP contribution < -0.4 is 15.5 Å². The van der Waals surface area contributed by atoms with Crippen molar-refractivity contribution in [3.05, 3.63) is 115 Å². The van der Waals surface area contributed by atoms with Gasteiger partial charge in [0.1, 0.15) is 0 Å². The second-order valence-electron chi connectivity index (χ2n) is 7.41. The second-order valence-corrected chi connectivity index (χ2v) is 10.1. The monoisotopic (exact) mass is 687 g/mol. The number of anilines is 1. The van der Waals surface area contributed by atoms with Crippen LogP contribution in [-0.4, -0.2) is 24.0 Å². The molecule has 0 spiro atoms. The molecule has 186 valence electrons. The van der Waals surface area contributed by atoms with E-state index in [1.165, 1.54) is 24.6 Å². The number of carbonyl (C=O) groups is 3. The number of esters is 1. The molecule has 1 heterocycles. The van der Waals surface area contributed by atoms with Gasteiger partial charge in [-0.05, 0) is 82.7 Å². The molecule has 4 aromatic rings. The topological polar surface area (TPSA) is 110 Å². The van der Waals surface area contributed by atoms with Crippen LogP contribution in [0.2, 0.25) is 0 Å². The number of nitrogens with zero attached hydrogens (tertiary/aromatic N) is 1. The van der Waals surface area contributed by atoms with Crippen LogP contribution in [0, 0.1) is 0 Å². The molecular weight excluding hydrogens is 674 g/mol. The van der Waals surface area contributed by atoms with Gasteiger partial charge in [0.2, 0.25) is 0 Å². The first-order valence-corrected chi connectivity index (χ1v) is 12.9. The summed E-state index contributed by atoms with van der Waals surface area (Å²) in [7, 11) is 0. The largest absolute Gasteiger partial charge is 0.459 e. The molecule has 2 N–H and O–H groups in total. The molecule has 0 aliphatic carbocycles. The molecule has 0 fully saturated rings. The molecular formula is C26H16Br3N3O5. The van der Waals surface area contributed by atoms with Crippen molar-refractivity contribution in [3.8, 4) is 5.75 Å². The Morgan fingerprint density at radius 1 is 0.838 bits per heavy atom. The summed E-state index contributed by atoms with van der Waals surface area (Å²) >= 11 is 10.1. The van der Waals surface area contributed by atoms with E-state index >= 15 is 0 Å². The lowest BCUT2D eigenvalue weighted by molar-refractivity contribution is 0.0732. The van der Waals surface area contributed by atoms with Gasteiger partial charge in [-0.1, -0.05) is 37.9 Å². The first-order chi connectivity index (χ1) is 17.8. The highest BCUT2D eigenvalue weighted by atomic mass is 79.9. The predicted octanol–water partition coefficient (Wildman–Crippen LogP) is 6.80. The number of amides is 2. The SMILES string of the molecule is O=C(NN=Cc1cc(Br)cc(Br)c1OC(=O)c1ccc(Br)cc1)c1cccc(NC(=O)c2ccco2)c1. The Morgan fingerprint density at radius 3 is 2.35 bits per heavy atom. The van der Waals surface area contributed by atoms with Crippen molar-refractivity contribution in [1.82, 2.24) is 5.43 Å². The molecule has 4 rings (SSSR count). The van der Waals surface area contributed by atoms with Crippen LogP contribution in [0.3, 0.4) is 0 Å². The van der Waals surface area contributed by atoms with Crippen molar-refractivity contribution in [2.45, 2.75) is 0 Å². The number of ether oxygens (including phenoxy) is 1. The van der Waals surface area contributed by atoms with Crippen LogP contribution in [0.1, 0.15) is 36.8 Å². The maximum Gasteiger partial charge on any atom is 0.343 e. The van der Waals surface area contributed by atoms with Crippen LogP contribution >= 0.6 is 47.8 Å². The standard InChI is InChI=1S/C26H16Br3N3O5/c27-18-8-6-15(7-9-18)26(35)37-23-17(11-19(28)13-21(23)29)14-30-32-24(33)16-3-1-4-20(12-16)31-25(34)22-5-2-10-36-22/h1-14H,(H,31,34)(H,32,33). The van der Waals surface area contributed by atoms with Crippen molar-refractivity contribution < 1.29 is 23.5 Å². The molecule has 0 radical (unpaired) electrons. The first-order valence-electron chi connectivity index (χ1n) is 10.6. The smallest absolute Gasteiger partial charge is 0.343 e. The summed E-state index contributed by atoms with van der Waals surface area (Å²) in [5, 5.41) is 6.68. The minimum absolute atomic E-state index is 0.149. The van der Waals surface area contributed by atoms with Crippen LogP contribution in [0.5, 0.6) is 5.75 Å². The minimum atomic E-state index is -0.553. The summed E-state index contributed by atoms with van der Waals surface area (Å²) in [4.78, 5) is 37.5. The number of nitrogens with one attached hydrogen (secondary N) is 2. The zero-order valence-corrected chi connectivity index (χ0v) is 23.5. The average Bonchev–Trinajstić information content (AvgIpc) is 3.42. The Hall–Kier alpha value is -3.54. The van der Waals surface area contributed by atoms with E-state index in [1.807, 2.05) is 0 Å². The van der Waals surface area contributed by atoms with E-state index in [0.29, 0.717) is 25.8 Å². The third-order valence-electron chi connectivity index (χ3n) is 4.81. The molecule has 8 nitrogen and oxygen atoms in total. The Labute approximate surface area is 236 Å². The fraction of sp³-hybridized carbons (Fsp3) is 0. The maximum absolute atomic E-state index is 12.6. The van der Waals surface area contributed by atoms with Crippen LogP contribution in [0.25, 0.3) is 0 Å². The zero-order chi connectivity index (χ0) is 26.4. The number of halogens is 3. The fourth-order valence-corrected chi connectivity index (χ4v) is 4.69. The van der Waals surface area contributed by atoms with E-state index < -0.39 is 17.8 Å². The summed E-state index contributed by atoms with van der Waals surface area (Å²) in [6.07, 6.45) is 2.76. The third-order valence-corrected chi connectivity index (χ3v) is 6.38. The van der Waals surface area contributed by atoms with Gasteiger partial charge in [-0.3, -0.25) is 9.59 Å². The number of hydrazone groups is 1. The normalized spacial score (nSPS) is 10.8. The van der Waals surface area contributed by atoms with E-state index in [1.54, 1.807) is 60.7 Å². The van der Waals surface area contributed by atoms with Gasteiger partial charge in [0, 0.05) is 25.8 Å². The Kier molecular flexibility index (Phi) is 8.70. The van der Waals surface area contributed by atoms with Gasteiger partial charge in [0.25, 0.3) is 11.8 Å². The number of hydrogen-bond donors (Lipinski definition) is 2. The molecule has 0 saturated heterocycles. The van der Waals surface area contributed by atoms with E-state index in [2.05, 4.69) is 63.6 Å². The van der Waals surface area contributed by atoms with Crippen molar-refractivity contribution in [2.24, 2.45) is 5.10 Å². The number of benzene rings is 3. The fourth-order valence-electron chi connectivity index (χ4n) is 3.09. The highest BCUT2D eigenvalue weighted by Gasteiger charge is 2.16. The van der Waals surface area contributed by atoms with E-state index in [9.17, 15) is 14.4 Å². The lowest BCUT2D eigenvalue weighted by atomic mass is 10.2. The molecule has 3 aromatic carbocycles. The van der Waals surface area contributed by atoms with Gasteiger partial charge in [-0.2, -0.15) is 5.10 Å².